The largest absolute Gasteiger partial charge is 0.444 e. The van der Waals surface area contributed by atoms with Crippen LogP contribution in [0.3, 0.4) is 0 Å². The highest BCUT2D eigenvalue weighted by Gasteiger charge is 2.15. The van der Waals surface area contributed by atoms with Gasteiger partial charge >= 0.3 is 6.09 Å². The summed E-state index contributed by atoms with van der Waals surface area (Å²) >= 11 is 0. The second-order valence-electron chi connectivity index (χ2n) is 5.88. The summed E-state index contributed by atoms with van der Waals surface area (Å²) in [6.45, 7) is 5.46. The van der Waals surface area contributed by atoms with Gasteiger partial charge in [0, 0.05) is 11.8 Å². The van der Waals surface area contributed by atoms with E-state index in [9.17, 15) is 13.2 Å². The molecular formula is C16H21NO4S. The minimum atomic E-state index is -3.12. The topological polar surface area (TPSA) is 72.5 Å². The fourth-order valence-electron chi connectivity index (χ4n) is 1.62. The number of ether oxygens (including phenoxy) is 1. The minimum absolute atomic E-state index is 0.0582. The van der Waals surface area contributed by atoms with E-state index in [1.165, 1.54) is 6.26 Å². The molecule has 0 saturated carbocycles. The van der Waals surface area contributed by atoms with Gasteiger partial charge in [-0.2, -0.15) is 0 Å². The van der Waals surface area contributed by atoms with Crippen LogP contribution in [0.2, 0.25) is 0 Å². The molecule has 5 nitrogen and oxygen atoms in total. The first-order valence-electron chi connectivity index (χ1n) is 6.78. The number of sulfone groups is 1. The first-order chi connectivity index (χ1) is 10.1. The third-order valence-corrected chi connectivity index (χ3v) is 3.21. The van der Waals surface area contributed by atoms with E-state index >= 15 is 0 Å². The first kappa shape index (κ1) is 18.1. The lowest BCUT2D eigenvalue weighted by molar-refractivity contribution is 0.0535. The van der Waals surface area contributed by atoms with E-state index in [0.717, 1.165) is 0 Å². The summed E-state index contributed by atoms with van der Waals surface area (Å²) in [6, 6.07) is 7.04. The highest BCUT2D eigenvalue weighted by atomic mass is 32.2. The van der Waals surface area contributed by atoms with E-state index in [-0.39, 0.29) is 12.3 Å². The van der Waals surface area contributed by atoms with Crippen molar-refractivity contribution in [2.45, 2.75) is 32.1 Å². The van der Waals surface area contributed by atoms with Crippen LogP contribution < -0.4 is 5.32 Å². The van der Waals surface area contributed by atoms with Gasteiger partial charge in [0.05, 0.1) is 12.3 Å². The third kappa shape index (κ3) is 7.70. The van der Waals surface area contributed by atoms with Crippen LogP contribution in [0.15, 0.2) is 24.3 Å². The van der Waals surface area contributed by atoms with E-state index in [1.54, 1.807) is 45.0 Å². The summed E-state index contributed by atoms with van der Waals surface area (Å²) in [7, 11) is -3.12. The smallest absolute Gasteiger partial charge is 0.408 e. The van der Waals surface area contributed by atoms with Gasteiger partial charge in [0.2, 0.25) is 0 Å². The molecule has 0 aliphatic rings. The lowest BCUT2D eigenvalue weighted by Crippen LogP contribution is -2.32. The summed E-state index contributed by atoms with van der Waals surface area (Å²) in [5.74, 6) is 5.60. The Hall–Kier alpha value is -2.00. The van der Waals surface area contributed by atoms with Crippen LogP contribution in [-0.4, -0.2) is 32.9 Å². The second kappa shape index (κ2) is 7.32. The van der Waals surface area contributed by atoms with Crippen molar-refractivity contribution in [1.82, 2.24) is 5.32 Å². The van der Waals surface area contributed by atoms with Gasteiger partial charge in [0.25, 0.3) is 0 Å². The summed E-state index contributed by atoms with van der Waals surface area (Å²) in [5.41, 5.74) is 0.730. The van der Waals surface area contributed by atoms with Gasteiger partial charge in [0.15, 0.2) is 9.84 Å². The molecule has 0 spiro atoms. The van der Waals surface area contributed by atoms with E-state index in [0.29, 0.717) is 11.1 Å². The third-order valence-electron chi connectivity index (χ3n) is 2.38. The zero-order valence-corrected chi connectivity index (χ0v) is 14.1. The number of nitrogens with one attached hydrogen (secondary N) is 1. The number of amides is 1. The molecule has 1 rings (SSSR count). The highest BCUT2D eigenvalue weighted by Crippen LogP contribution is 2.10. The van der Waals surface area contributed by atoms with Crippen molar-refractivity contribution in [3.63, 3.8) is 0 Å². The molecule has 0 saturated heterocycles. The van der Waals surface area contributed by atoms with E-state index in [2.05, 4.69) is 17.2 Å². The molecule has 0 heterocycles. The van der Waals surface area contributed by atoms with E-state index in [1.807, 2.05) is 0 Å². The molecule has 0 atom stereocenters. The Morgan fingerprint density at radius 2 is 1.91 bits per heavy atom. The molecule has 1 N–H and O–H groups in total. The van der Waals surface area contributed by atoms with Crippen LogP contribution in [0.1, 0.15) is 31.9 Å². The fraction of sp³-hybridized carbons (Fsp3) is 0.438. The highest BCUT2D eigenvalue weighted by molar-refractivity contribution is 7.89. The van der Waals surface area contributed by atoms with Gasteiger partial charge in [-0.05, 0) is 32.4 Å². The van der Waals surface area contributed by atoms with Crippen LogP contribution >= 0.6 is 0 Å². The molecule has 1 aromatic rings. The number of hydrogen-bond donors (Lipinski definition) is 1. The van der Waals surface area contributed by atoms with Gasteiger partial charge in [-0.25, -0.2) is 13.2 Å². The number of alkyl carbamates (subject to hydrolysis) is 1. The van der Waals surface area contributed by atoms with Crippen molar-refractivity contribution >= 4 is 15.9 Å². The van der Waals surface area contributed by atoms with Crippen LogP contribution in [0, 0.1) is 11.8 Å². The quantitative estimate of drug-likeness (QED) is 0.865. The fourth-order valence-corrected chi connectivity index (χ4v) is 2.44. The summed E-state index contributed by atoms with van der Waals surface area (Å²) < 4.78 is 27.8. The normalized spacial score (nSPS) is 11.3. The molecule has 0 aliphatic heterocycles. The maximum atomic E-state index is 11.4. The van der Waals surface area contributed by atoms with Crippen molar-refractivity contribution in [2.75, 3.05) is 12.8 Å². The van der Waals surface area contributed by atoms with Crippen molar-refractivity contribution in [1.29, 1.82) is 0 Å². The average molecular weight is 323 g/mol. The number of carbonyl (C=O) groups is 1. The Labute approximate surface area is 132 Å². The lowest BCUT2D eigenvalue weighted by atomic mass is 10.1. The summed E-state index contributed by atoms with van der Waals surface area (Å²) in [4.78, 5) is 11.4. The van der Waals surface area contributed by atoms with Gasteiger partial charge < -0.3 is 10.1 Å². The maximum Gasteiger partial charge on any atom is 0.408 e. The standard InChI is InChI=1S/C16H21NO4S/c1-16(2,3)21-15(18)17-11-7-10-13-8-5-6-9-14(13)12-22(4,19)20/h5-6,8-9H,11-12H2,1-4H3,(H,17,18). The van der Waals surface area contributed by atoms with Crippen molar-refractivity contribution in [2.24, 2.45) is 0 Å². The molecule has 1 amide bonds. The zero-order valence-electron chi connectivity index (χ0n) is 13.3. The molecular weight excluding hydrogens is 302 g/mol. The maximum absolute atomic E-state index is 11.4. The Morgan fingerprint density at radius 3 is 2.50 bits per heavy atom. The molecule has 0 aliphatic carbocycles. The molecule has 0 bridgehead atoms. The average Bonchev–Trinajstić information content (AvgIpc) is 2.32. The lowest BCUT2D eigenvalue weighted by Gasteiger charge is -2.19. The molecule has 0 fully saturated rings. The SMILES string of the molecule is CC(C)(C)OC(=O)NCC#Cc1ccccc1CS(C)(=O)=O. The molecule has 120 valence electrons. The summed E-state index contributed by atoms with van der Waals surface area (Å²) in [6.07, 6.45) is 0.646. The van der Waals surface area contributed by atoms with Crippen LogP contribution in [0.4, 0.5) is 4.79 Å². The predicted octanol–water partition coefficient (Wildman–Crippen LogP) is 2.11. The van der Waals surface area contributed by atoms with Crippen molar-refractivity contribution in [3.05, 3.63) is 35.4 Å². The van der Waals surface area contributed by atoms with E-state index in [4.69, 9.17) is 4.74 Å². The Balaban J connectivity index is 2.68. The minimum Gasteiger partial charge on any atom is -0.444 e. The molecule has 0 unspecified atom stereocenters. The van der Waals surface area contributed by atoms with Crippen molar-refractivity contribution < 1.29 is 17.9 Å². The molecule has 6 heteroatoms. The van der Waals surface area contributed by atoms with Crippen molar-refractivity contribution in [3.8, 4) is 11.8 Å². The van der Waals surface area contributed by atoms with Crippen LogP contribution in [0.5, 0.6) is 0 Å². The zero-order chi connectivity index (χ0) is 16.8. The number of benzene rings is 1. The molecule has 0 aromatic heterocycles. The summed E-state index contributed by atoms with van der Waals surface area (Å²) in [5, 5.41) is 2.52. The van der Waals surface area contributed by atoms with Gasteiger partial charge in [-0.3, -0.25) is 0 Å². The van der Waals surface area contributed by atoms with E-state index < -0.39 is 21.5 Å². The van der Waals surface area contributed by atoms with Crippen LogP contribution in [0.25, 0.3) is 0 Å². The first-order valence-corrected chi connectivity index (χ1v) is 8.84. The molecule has 0 radical (unpaired) electrons. The van der Waals surface area contributed by atoms with Gasteiger partial charge in [-0.15, -0.1) is 0 Å². The Bertz CT molecular complexity index is 691. The number of rotatable bonds is 3. The Kier molecular flexibility index (Phi) is 6.01. The monoisotopic (exact) mass is 323 g/mol. The number of carbonyl (C=O) groups excluding carboxylic acids is 1. The number of hydrogen-bond acceptors (Lipinski definition) is 4. The molecule has 1 aromatic carbocycles. The molecule has 22 heavy (non-hydrogen) atoms. The second-order valence-corrected chi connectivity index (χ2v) is 8.02. The van der Waals surface area contributed by atoms with Crippen LogP contribution in [-0.2, 0) is 20.3 Å². The van der Waals surface area contributed by atoms with Gasteiger partial charge in [0.1, 0.15) is 5.60 Å². The van der Waals surface area contributed by atoms with Gasteiger partial charge in [-0.1, -0.05) is 30.0 Å². The Morgan fingerprint density at radius 1 is 1.27 bits per heavy atom. The predicted molar refractivity (Wildman–Crippen MR) is 86.1 cm³/mol.